The maximum absolute atomic E-state index is 13.4. The van der Waals surface area contributed by atoms with Gasteiger partial charge < -0.3 is 14.7 Å². The number of alkyl halides is 3. The molecule has 0 amide bonds. The summed E-state index contributed by atoms with van der Waals surface area (Å²) in [6.45, 7) is 4.61. The van der Waals surface area contributed by atoms with Crippen LogP contribution in [0.5, 0.6) is 0 Å². The summed E-state index contributed by atoms with van der Waals surface area (Å²) < 4.78 is 46.2. The van der Waals surface area contributed by atoms with Crippen LogP contribution in [0, 0.1) is 12.8 Å². The fourth-order valence-corrected chi connectivity index (χ4v) is 5.01. The van der Waals surface area contributed by atoms with Crippen molar-refractivity contribution in [1.29, 1.82) is 0 Å². The second-order valence-corrected chi connectivity index (χ2v) is 9.67. The number of aromatic nitrogens is 3. The van der Waals surface area contributed by atoms with Crippen molar-refractivity contribution in [1.82, 2.24) is 19.9 Å². The Morgan fingerprint density at radius 1 is 1.17 bits per heavy atom. The maximum atomic E-state index is 13.4. The Balaban J connectivity index is 1.45. The molecule has 35 heavy (non-hydrogen) atoms. The van der Waals surface area contributed by atoms with Crippen molar-refractivity contribution >= 4 is 28.6 Å². The third-order valence-electron chi connectivity index (χ3n) is 6.83. The largest absolute Gasteiger partial charge is 0.433 e. The highest BCUT2D eigenvalue weighted by Gasteiger charge is 2.34. The summed E-state index contributed by atoms with van der Waals surface area (Å²) in [6, 6.07) is 7.63. The number of hydrogen-bond donors (Lipinski definition) is 2. The van der Waals surface area contributed by atoms with Crippen LogP contribution < -0.4 is 10.2 Å². The van der Waals surface area contributed by atoms with Crippen molar-refractivity contribution in [3.63, 3.8) is 0 Å². The molecule has 4 heterocycles. The molecule has 2 aliphatic rings. The predicted octanol–water partition coefficient (Wildman–Crippen LogP) is 3.83. The molecule has 3 aromatic rings. The SMILES string of the molecule is Cc1cc2c(cc1Cl)nc(N1CCC(C(O)NC3CC[OH+]C3)CC1)n2-c1cccc(C(F)(F)F)n1. The molecule has 7 nitrogen and oxygen atoms in total. The first-order valence-electron chi connectivity index (χ1n) is 11.8. The second kappa shape index (κ2) is 9.57. The van der Waals surface area contributed by atoms with E-state index < -0.39 is 18.1 Å². The molecule has 0 spiro atoms. The molecule has 2 atom stereocenters. The number of ether oxygens (including phenoxy) is 1. The minimum absolute atomic E-state index is 0.0769. The van der Waals surface area contributed by atoms with Crippen LogP contribution in [0.15, 0.2) is 30.3 Å². The smallest absolute Gasteiger partial charge is 0.432 e. The molecule has 11 heteroatoms. The van der Waals surface area contributed by atoms with Crippen LogP contribution in [0.25, 0.3) is 16.9 Å². The number of aliphatic hydroxyl groups is 3. The van der Waals surface area contributed by atoms with Gasteiger partial charge in [0.25, 0.3) is 0 Å². The van der Waals surface area contributed by atoms with Gasteiger partial charge >= 0.3 is 6.18 Å². The summed E-state index contributed by atoms with van der Waals surface area (Å²) in [5.41, 5.74) is 1.07. The van der Waals surface area contributed by atoms with Crippen LogP contribution in [0.3, 0.4) is 0 Å². The fourth-order valence-electron chi connectivity index (χ4n) is 4.85. The van der Waals surface area contributed by atoms with Gasteiger partial charge in [0.2, 0.25) is 5.95 Å². The molecule has 2 saturated heterocycles. The van der Waals surface area contributed by atoms with E-state index in [9.17, 15) is 18.3 Å². The molecular weight excluding hydrogens is 483 g/mol. The van der Waals surface area contributed by atoms with Crippen LogP contribution in [0.4, 0.5) is 19.1 Å². The van der Waals surface area contributed by atoms with Crippen molar-refractivity contribution in [2.24, 2.45) is 5.92 Å². The Bertz CT molecular complexity index is 1200. The number of benzene rings is 1. The van der Waals surface area contributed by atoms with Gasteiger partial charge in [-0.1, -0.05) is 17.7 Å². The summed E-state index contributed by atoms with van der Waals surface area (Å²) in [7, 11) is 0. The first-order chi connectivity index (χ1) is 16.7. The third kappa shape index (κ3) is 4.97. The highest BCUT2D eigenvalue weighted by atomic mass is 35.5. The molecule has 1 aromatic carbocycles. The Morgan fingerprint density at radius 2 is 1.94 bits per heavy atom. The zero-order valence-corrected chi connectivity index (χ0v) is 20.0. The number of aryl methyl sites for hydroxylation is 1. The third-order valence-corrected chi connectivity index (χ3v) is 7.24. The average Bonchev–Trinajstić information content (AvgIpc) is 3.47. The van der Waals surface area contributed by atoms with Gasteiger partial charge in [-0.15, -0.1) is 0 Å². The van der Waals surface area contributed by atoms with Crippen LogP contribution >= 0.6 is 11.6 Å². The predicted molar refractivity (Wildman–Crippen MR) is 128 cm³/mol. The lowest BCUT2D eigenvalue weighted by Crippen LogP contribution is -2.47. The van der Waals surface area contributed by atoms with Crippen LogP contribution in [-0.2, 0) is 6.18 Å². The molecule has 2 fully saturated rings. The van der Waals surface area contributed by atoms with Gasteiger partial charge in [0.1, 0.15) is 24.3 Å². The lowest BCUT2D eigenvalue weighted by molar-refractivity contribution is -0.141. The summed E-state index contributed by atoms with van der Waals surface area (Å²) >= 11 is 6.32. The van der Waals surface area contributed by atoms with Gasteiger partial charge in [-0.25, -0.2) is 9.97 Å². The Hall–Kier alpha value is -2.40. The number of imidazole rings is 1. The lowest BCUT2D eigenvalue weighted by atomic mass is 9.94. The van der Waals surface area contributed by atoms with E-state index in [1.54, 1.807) is 16.7 Å². The van der Waals surface area contributed by atoms with Gasteiger partial charge in [-0.05, 0) is 49.6 Å². The average molecular weight is 511 g/mol. The van der Waals surface area contributed by atoms with Gasteiger partial charge in [0.15, 0.2) is 6.61 Å². The number of rotatable bonds is 5. The molecule has 188 valence electrons. The standard InChI is InChI=1S/C24H27ClF3N5O2/c1-14-11-19-18(12-17(14)25)30-23(33(19)21-4-2-3-20(31-21)24(26,27)28)32-8-5-15(6-9-32)22(34)29-16-7-10-35-13-16/h2-4,11-12,15-16,22,29,34H,5-10,13H2,1H3/p+1. The second-order valence-electron chi connectivity index (χ2n) is 9.27. The first-order valence-corrected chi connectivity index (χ1v) is 12.1. The summed E-state index contributed by atoms with van der Waals surface area (Å²) in [5.74, 6) is 0.741. The van der Waals surface area contributed by atoms with Crippen molar-refractivity contribution in [3.05, 3.63) is 46.6 Å². The minimum atomic E-state index is -4.56. The Labute approximate surface area is 205 Å². The number of piperidine rings is 1. The molecule has 5 rings (SSSR count). The van der Waals surface area contributed by atoms with E-state index in [0.717, 1.165) is 44.1 Å². The van der Waals surface area contributed by atoms with E-state index in [1.807, 2.05) is 17.9 Å². The fraction of sp³-hybridized carbons (Fsp3) is 0.500. The zero-order valence-electron chi connectivity index (χ0n) is 19.3. The van der Waals surface area contributed by atoms with E-state index in [4.69, 9.17) is 16.6 Å². The summed E-state index contributed by atoms with van der Waals surface area (Å²) in [5, 5.41) is 14.5. The maximum Gasteiger partial charge on any atom is 0.433 e. The van der Waals surface area contributed by atoms with E-state index in [0.29, 0.717) is 35.1 Å². The normalized spacial score (nSPS) is 20.6. The van der Waals surface area contributed by atoms with Crippen molar-refractivity contribution < 1.29 is 23.0 Å². The molecule has 3 N–H and O–H groups in total. The molecule has 0 saturated carbocycles. The Kier molecular flexibility index (Phi) is 6.65. The van der Waals surface area contributed by atoms with E-state index in [2.05, 4.69) is 15.0 Å². The molecular formula is C24H28ClF3N5O2+. The Morgan fingerprint density at radius 3 is 2.63 bits per heavy atom. The molecule has 2 aliphatic heterocycles. The van der Waals surface area contributed by atoms with Crippen molar-refractivity contribution in [3.8, 4) is 5.82 Å². The van der Waals surface area contributed by atoms with E-state index >= 15 is 0 Å². The highest BCUT2D eigenvalue weighted by molar-refractivity contribution is 6.32. The monoisotopic (exact) mass is 510 g/mol. The van der Waals surface area contributed by atoms with Crippen molar-refractivity contribution in [2.45, 2.75) is 44.6 Å². The highest BCUT2D eigenvalue weighted by Crippen LogP contribution is 2.34. The number of anilines is 1. The number of nitrogens with zero attached hydrogens (tertiary/aromatic N) is 4. The quantitative estimate of drug-likeness (QED) is 0.403. The number of nitrogens with one attached hydrogen (secondary N) is 1. The summed E-state index contributed by atoms with van der Waals surface area (Å²) in [4.78, 5) is 10.7. The topological polar surface area (TPSA) is 79.0 Å². The number of fused-ring (bicyclic) bond motifs is 1. The van der Waals surface area contributed by atoms with E-state index in [1.165, 1.54) is 6.07 Å². The minimum Gasteiger partial charge on any atom is -0.432 e. The first kappa shape index (κ1) is 24.3. The lowest BCUT2D eigenvalue weighted by Gasteiger charge is -2.35. The van der Waals surface area contributed by atoms with Crippen molar-refractivity contribution in [2.75, 3.05) is 31.2 Å². The number of pyridine rings is 1. The molecule has 0 aliphatic carbocycles. The number of aliphatic hydroxyl groups excluding tert-OH is 1. The number of hydrogen-bond acceptors (Lipinski definition) is 5. The molecule has 2 aromatic heterocycles. The van der Waals surface area contributed by atoms with Gasteiger partial charge in [-0.2, -0.15) is 13.2 Å². The van der Waals surface area contributed by atoms with E-state index in [-0.39, 0.29) is 17.8 Å². The summed E-state index contributed by atoms with van der Waals surface area (Å²) in [6.07, 6.45) is -2.79. The van der Waals surface area contributed by atoms with Crippen LogP contribution in [0.1, 0.15) is 30.5 Å². The van der Waals surface area contributed by atoms with Crippen LogP contribution in [0.2, 0.25) is 5.02 Å². The molecule has 2 unspecified atom stereocenters. The van der Waals surface area contributed by atoms with Gasteiger partial charge in [0.05, 0.1) is 17.1 Å². The molecule has 0 bridgehead atoms. The zero-order chi connectivity index (χ0) is 24.7. The van der Waals surface area contributed by atoms with Crippen LogP contribution in [-0.4, -0.2) is 63.0 Å². The number of halogens is 4. The molecule has 0 radical (unpaired) electrons. The van der Waals surface area contributed by atoms with Gasteiger partial charge in [-0.3, -0.25) is 9.88 Å². The van der Waals surface area contributed by atoms with Gasteiger partial charge in [0, 0.05) is 30.5 Å².